The summed E-state index contributed by atoms with van der Waals surface area (Å²) in [6.45, 7) is 1.83. The van der Waals surface area contributed by atoms with Crippen LogP contribution in [0.3, 0.4) is 0 Å². The van der Waals surface area contributed by atoms with Gasteiger partial charge in [0.15, 0.2) is 0 Å². The first-order valence-corrected chi connectivity index (χ1v) is 12.6. The summed E-state index contributed by atoms with van der Waals surface area (Å²) in [5, 5.41) is 0.606. The van der Waals surface area contributed by atoms with Gasteiger partial charge in [0.2, 0.25) is 15.9 Å². The Labute approximate surface area is 187 Å². The molecule has 5 rings (SSSR count). The van der Waals surface area contributed by atoms with Crippen LogP contribution in [0.5, 0.6) is 0 Å². The second kappa shape index (κ2) is 7.97. The van der Waals surface area contributed by atoms with Crippen molar-refractivity contribution < 1.29 is 13.2 Å². The van der Waals surface area contributed by atoms with E-state index in [-0.39, 0.29) is 10.8 Å². The summed E-state index contributed by atoms with van der Waals surface area (Å²) in [6, 6.07) is 9.60. The summed E-state index contributed by atoms with van der Waals surface area (Å²) in [4.78, 5) is 18.5. The Hall–Kier alpha value is -2.78. The lowest BCUT2D eigenvalue weighted by Crippen LogP contribution is -2.51. The van der Waals surface area contributed by atoms with Crippen LogP contribution in [0.25, 0.3) is 10.9 Å². The van der Waals surface area contributed by atoms with Crippen molar-refractivity contribution in [1.82, 2.24) is 19.2 Å². The summed E-state index contributed by atoms with van der Waals surface area (Å²) in [7, 11) is -3.91. The zero-order valence-corrected chi connectivity index (χ0v) is 18.8. The maximum absolute atomic E-state index is 13.4. The van der Waals surface area contributed by atoms with E-state index in [1.165, 1.54) is 12.8 Å². The number of nitrogens with one attached hydrogen (secondary N) is 2. The second-order valence-corrected chi connectivity index (χ2v) is 10.8. The molecule has 1 spiro atoms. The van der Waals surface area contributed by atoms with Crippen molar-refractivity contribution in [3.8, 4) is 0 Å². The number of nitrogens with zero attached hydrogens (tertiary/aromatic N) is 2. The third-order valence-electron chi connectivity index (χ3n) is 7.06. The molecule has 4 N–H and O–H groups in total. The Kier molecular flexibility index (Phi) is 5.25. The monoisotopic (exact) mass is 455 g/mol. The minimum atomic E-state index is -3.91. The number of hydrogen-bond acceptors (Lipinski definition) is 4. The number of nitrogen functional groups attached to an aromatic ring is 1. The minimum absolute atomic E-state index is 0.156. The molecular weight excluding hydrogens is 426 g/mol. The molecule has 1 aliphatic heterocycles. The lowest BCUT2D eigenvalue weighted by atomic mass is 9.93. The standard InChI is InChI=1S/C23H29N5O3S/c24-21-5-2-13-27(21)14-7-19(22(29)28-15-10-23(8-9-23)11-16-28)26-32(30,31)20-4-1-3-18-17(20)6-12-25-18/h1-6,12-13,19,25-26H,7-11,14-16,24H2. The number of carbonyl (C=O) groups is 1. The predicted molar refractivity (Wildman–Crippen MR) is 123 cm³/mol. The molecule has 8 nitrogen and oxygen atoms in total. The van der Waals surface area contributed by atoms with E-state index >= 15 is 0 Å². The van der Waals surface area contributed by atoms with Crippen LogP contribution < -0.4 is 10.5 Å². The number of fused-ring (bicyclic) bond motifs is 1. The molecule has 0 bridgehead atoms. The Morgan fingerprint density at radius 1 is 1.12 bits per heavy atom. The molecule has 2 aliphatic rings. The highest BCUT2D eigenvalue weighted by molar-refractivity contribution is 7.89. The van der Waals surface area contributed by atoms with Crippen molar-refractivity contribution in [2.75, 3.05) is 18.8 Å². The number of carbonyl (C=O) groups excluding carboxylic acids is 1. The van der Waals surface area contributed by atoms with Crippen molar-refractivity contribution in [3.05, 3.63) is 48.8 Å². The van der Waals surface area contributed by atoms with E-state index in [1.807, 2.05) is 27.8 Å². The van der Waals surface area contributed by atoms with Crippen LogP contribution in [-0.4, -0.2) is 47.9 Å². The molecule has 1 atom stereocenters. The number of aromatic amines is 1. The number of benzene rings is 1. The van der Waals surface area contributed by atoms with Gasteiger partial charge in [0.05, 0.1) is 4.90 Å². The maximum Gasteiger partial charge on any atom is 0.241 e. The fourth-order valence-corrected chi connectivity index (χ4v) is 6.22. The number of nitrogens with two attached hydrogens (primary N) is 1. The van der Waals surface area contributed by atoms with Gasteiger partial charge in [-0.05, 0) is 67.9 Å². The molecule has 1 saturated carbocycles. The topological polar surface area (TPSA) is 113 Å². The molecule has 32 heavy (non-hydrogen) atoms. The normalized spacial score (nSPS) is 18.8. The molecular formula is C23H29N5O3S. The smallest absolute Gasteiger partial charge is 0.241 e. The second-order valence-electron chi connectivity index (χ2n) is 9.11. The fraction of sp³-hybridized carbons (Fsp3) is 0.435. The molecule has 2 fully saturated rings. The number of amides is 1. The summed E-state index contributed by atoms with van der Waals surface area (Å²) < 4.78 is 31.3. The van der Waals surface area contributed by atoms with E-state index in [2.05, 4.69) is 9.71 Å². The third-order valence-corrected chi connectivity index (χ3v) is 8.59. The summed E-state index contributed by atoms with van der Waals surface area (Å²) in [5.41, 5.74) is 7.15. The van der Waals surface area contributed by atoms with Gasteiger partial charge in [-0.2, -0.15) is 4.72 Å². The highest BCUT2D eigenvalue weighted by Crippen LogP contribution is 2.53. The first-order chi connectivity index (χ1) is 15.4. The van der Waals surface area contributed by atoms with Crippen molar-refractivity contribution >= 4 is 32.7 Å². The molecule has 0 radical (unpaired) electrons. The number of hydrogen-bond donors (Lipinski definition) is 3. The van der Waals surface area contributed by atoms with Crippen LogP contribution in [0.4, 0.5) is 5.82 Å². The van der Waals surface area contributed by atoms with Crippen LogP contribution >= 0.6 is 0 Å². The van der Waals surface area contributed by atoms with E-state index < -0.39 is 16.1 Å². The Morgan fingerprint density at radius 3 is 2.59 bits per heavy atom. The van der Waals surface area contributed by atoms with Crippen molar-refractivity contribution in [3.63, 3.8) is 0 Å². The molecule has 170 valence electrons. The number of anilines is 1. The van der Waals surface area contributed by atoms with Crippen molar-refractivity contribution in [2.45, 2.75) is 49.6 Å². The Balaban J connectivity index is 1.38. The van der Waals surface area contributed by atoms with Crippen LogP contribution in [-0.2, 0) is 21.4 Å². The maximum atomic E-state index is 13.4. The van der Waals surface area contributed by atoms with Crippen molar-refractivity contribution in [1.29, 1.82) is 0 Å². The van der Waals surface area contributed by atoms with E-state index in [0.29, 0.717) is 42.7 Å². The van der Waals surface area contributed by atoms with Gasteiger partial charge < -0.3 is 20.2 Å². The number of aromatic nitrogens is 2. The summed E-state index contributed by atoms with van der Waals surface area (Å²) >= 11 is 0. The summed E-state index contributed by atoms with van der Waals surface area (Å²) in [6.07, 6.45) is 8.38. The van der Waals surface area contributed by atoms with E-state index in [1.54, 1.807) is 30.5 Å². The van der Waals surface area contributed by atoms with Gasteiger partial charge in [0.25, 0.3) is 0 Å². The number of H-pyrrole nitrogens is 1. The van der Waals surface area contributed by atoms with Crippen LogP contribution in [0.2, 0.25) is 0 Å². The van der Waals surface area contributed by atoms with Gasteiger partial charge in [-0.1, -0.05) is 6.07 Å². The van der Waals surface area contributed by atoms with E-state index in [9.17, 15) is 13.2 Å². The molecule has 1 aromatic carbocycles. The van der Waals surface area contributed by atoms with Crippen LogP contribution in [0.15, 0.2) is 53.7 Å². The molecule has 9 heteroatoms. The number of sulfonamides is 1. The van der Waals surface area contributed by atoms with Gasteiger partial charge in [-0.25, -0.2) is 8.42 Å². The molecule has 1 saturated heterocycles. The average molecular weight is 456 g/mol. The Bertz CT molecular complexity index is 1230. The van der Waals surface area contributed by atoms with Gasteiger partial charge >= 0.3 is 0 Å². The largest absolute Gasteiger partial charge is 0.385 e. The molecule has 3 heterocycles. The zero-order valence-electron chi connectivity index (χ0n) is 18.0. The molecule has 2 aromatic heterocycles. The average Bonchev–Trinajstić information content (AvgIpc) is 3.17. The summed E-state index contributed by atoms with van der Waals surface area (Å²) in [5.74, 6) is 0.431. The number of rotatable bonds is 7. The third kappa shape index (κ3) is 4.02. The van der Waals surface area contributed by atoms with E-state index in [4.69, 9.17) is 5.73 Å². The van der Waals surface area contributed by atoms with Crippen molar-refractivity contribution in [2.24, 2.45) is 5.41 Å². The molecule has 1 unspecified atom stereocenters. The van der Waals surface area contributed by atoms with Gasteiger partial charge in [0.1, 0.15) is 11.9 Å². The lowest BCUT2D eigenvalue weighted by Gasteiger charge is -2.34. The Morgan fingerprint density at radius 2 is 1.91 bits per heavy atom. The van der Waals surface area contributed by atoms with Crippen LogP contribution in [0, 0.1) is 5.41 Å². The van der Waals surface area contributed by atoms with E-state index in [0.717, 1.165) is 18.4 Å². The first-order valence-electron chi connectivity index (χ1n) is 11.1. The fourth-order valence-electron chi connectivity index (χ4n) is 4.77. The number of aryl methyl sites for hydroxylation is 1. The SMILES string of the molecule is Nc1cccn1CCC(NS(=O)(=O)c1cccc2[nH]ccc12)C(=O)N1CCC2(CC1)CC2. The predicted octanol–water partition coefficient (Wildman–Crippen LogP) is 2.69. The number of piperidine rings is 1. The van der Waals surface area contributed by atoms with Gasteiger partial charge in [-0.3, -0.25) is 4.79 Å². The quantitative estimate of drug-likeness (QED) is 0.508. The van der Waals surface area contributed by atoms with Gasteiger partial charge in [-0.15, -0.1) is 0 Å². The van der Waals surface area contributed by atoms with Crippen LogP contribution in [0.1, 0.15) is 32.1 Å². The van der Waals surface area contributed by atoms with Gasteiger partial charge in [0, 0.05) is 42.9 Å². The molecule has 1 aliphatic carbocycles. The first kappa shape index (κ1) is 21.1. The highest BCUT2D eigenvalue weighted by Gasteiger charge is 2.45. The number of likely N-dealkylation sites (tertiary alicyclic amines) is 1. The highest BCUT2D eigenvalue weighted by atomic mass is 32.2. The molecule has 1 amide bonds. The minimum Gasteiger partial charge on any atom is -0.385 e. The lowest BCUT2D eigenvalue weighted by molar-refractivity contribution is -0.134. The molecule has 3 aromatic rings. The zero-order chi connectivity index (χ0) is 22.3.